The van der Waals surface area contributed by atoms with Crippen molar-refractivity contribution in [1.29, 1.82) is 0 Å². The molecule has 2 fully saturated rings. The zero-order valence-corrected chi connectivity index (χ0v) is 17.3. The van der Waals surface area contributed by atoms with Crippen LogP contribution >= 0.6 is 0 Å². The number of aryl methyl sites for hydroxylation is 2. The molecule has 29 heavy (non-hydrogen) atoms. The van der Waals surface area contributed by atoms with Gasteiger partial charge in [-0.05, 0) is 44.4 Å². The highest BCUT2D eigenvalue weighted by Gasteiger charge is 2.50. The van der Waals surface area contributed by atoms with E-state index in [0.29, 0.717) is 30.1 Å². The summed E-state index contributed by atoms with van der Waals surface area (Å²) in [6.45, 7) is 6.46. The second-order valence-electron chi connectivity index (χ2n) is 7.95. The predicted molar refractivity (Wildman–Crippen MR) is 107 cm³/mol. The molecule has 7 heteroatoms. The Kier molecular flexibility index (Phi) is 5.06. The number of ether oxygens (including phenoxy) is 1. The average molecular weight is 397 g/mol. The van der Waals surface area contributed by atoms with Crippen LogP contribution in [0.1, 0.15) is 53.1 Å². The number of piperidine rings is 1. The number of hydrogen-bond donors (Lipinski definition) is 0. The van der Waals surface area contributed by atoms with Gasteiger partial charge in [0.15, 0.2) is 0 Å². The minimum Gasteiger partial charge on any atom is -0.497 e. The van der Waals surface area contributed by atoms with Gasteiger partial charge in [-0.3, -0.25) is 9.59 Å². The Labute approximate surface area is 170 Å². The number of rotatable bonds is 3. The highest BCUT2D eigenvalue weighted by molar-refractivity contribution is 5.96. The third-order valence-corrected chi connectivity index (χ3v) is 6.32. The highest BCUT2D eigenvalue weighted by Crippen LogP contribution is 2.41. The fourth-order valence-electron chi connectivity index (χ4n) is 4.96. The second kappa shape index (κ2) is 7.54. The fourth-order valence-corrected chi connectivity index (χ4v) is 4.96. The van der Waals surface area contributed by atoms with Crippen molar-refractivity contribution < 1.29 is 18.8 Å². The number of benzene rings is 1. The molecule has 1 aromatic carbocycles. The first-order chi connectivity index (χ1) is 13.9. The minimum absolute atomic E-state index is 0.0257. The smallest absolute Gasteiger partial charge is 0.259 e. The molecule has 2 aromatic rings. The molecule has 0 aliphatic carbocycles. The lowest BCUT2D eigenvalue weighted by Crippen LogP contribution is -2.54. The van der Waals surface area contributed by atoms with E-state index < -0.39 is 0 Å². The summed E-state index contributed by atoms with van der Waals surface area (Å²) in [5, 5.41) is 3.96. The molecule has 3 atom stereocenters. The summed E-state index contributed by atoms with van der Waals surface area (Å²) in [5.74, 6) is 1.39. The number of carbonyl (C=O) groups excluding carboxylic acids is 2. The van der Waals surface area contributed by atoms with Gasteiger partial charge in [-0.1, -0.05) is 17.3 Å². The van der Waals surface area contributed by atoms with E-state index in [4.69, 9.17) is 9.26 Å². The van der Waals surface area contributed by atoms with Gasteiger partial charge in [-0.25, -0.2) is 0 Å². The van der Waals surface area contributed by atoms with E-state index in [9.17, 15) is 9.59 Å². The Morgan fingerprint density at radius 1 is 1.17 bits per heavy atom. The van der Waals surface area contributed by atoms with Crippen LogP contribution in [-0.4, -0.2) is 59.1 Å². The molecule has 2 saturated heterocycles. The molecule has 7 nitrogen and oxygen atoms in total. The number of methoxy groups -OCH3 is 1. The molecule has 1 aromatic heterocycles. The quantitative estimate of drug-likeness (QED) is 0.796. The van der Waals surface area contributed by atoms with E-state index in [1.165, 1.54) is 0 Å². The van der Waals surface area contributed by atoms with E-state index in [2.05, 4.69) is 5.16 Å². The Balaban J connectivity index is 1.73. The molecule has 2 aliphatic rings. The van der Waals surface area contributed by atoms with Gasteiger partial charge in [-0.2, -0.15) is 0 Å². The fraction of sp³-hybridized carbons (Fsp3) is 0.500. The molecule has 0 N–H and O–H groups in total. The Hall–Kier alpha value is -2.83. The zero-order valence-electron chi connectivity index (χ0n) is 17.3. The number of amides is 2. The summed E-state index contributed by atoms with van der Waals surface area (Å²) >= 11 is 0. The SMILES string of the molecule is COc1ccc([C@H]2CN(C(C)=O)[C@@H]3CCCN(C(=O)c4c(C)noc4C)[C@H]23)cc1. The lowest BCUT2D eigenvalue weighted by molar-refractivity contribution is -0.130. The Bertz CT molecular complexity index is 901. The van der Waals surface area contributed by atoms with E-state index in [-0.39, 0.29) is 29.8 Å². The Morgan fingerprint density at radius 3 is 2.48 bits per heavy atom. The number of aromatic nitrogens is 1. The van der Waals surface area contributed by atoms with E-state index >= 15 is 0 Å². The molecule has 3 heterocycles. The van der Waals surface area contributed by atoms with Crippen molar-refractivity contribution in [2.45, 2.75) is 51.6 Å². The maximum atomic E-state index is 13.5. The first-order valence-corrected chi connectivity index (χ1v) is 10.1. The summed E-state index contributed by atoms with van der Waals surface area (Å²) in [7, 11) is 1.64. The van der Waals surface area contributed by atoms with Crippen molar-refractivity contribution in [3.63, 3.8) is 0 Å². The lowest BCUT2D eigenvalue weighted by Gasteiger charge is -2.41. The minimum atomic E-state index is -0.0674. The van der Waals surface area contributed by atoms with E-state index in [1.54, 1.807) is 27.9 Å². The van der Waals surface area contributed by atoms with Crippen molar-refractivity contribution >= 4 is 11.8 Å². The van der Waals surface area contributed by atoms with Crippen LogP contribution in [0.25, 0.3) is 0 Å². The second-order valence-corrected chi connectivity index (χ2v) is 7.95. The zero-order chi connectivity index (χ0) is 20.7. The predicted octanol–water partition coefficient (Wildman–Crippen LogP) is 2.92. The maximum Gasteiger partial charge on any atom is 0.259 e. The van der Waals surface area contributed by atoms with Gasteiger partial charge in [0, 0.05) is 25.9 Å². The number of hydrogen-bond acceptors (Lipinski definition) is 5. The monoisotopic (exact) mass is 397 g/mol. The topological polar surface area (TPSA) is 75.9 Å². The van der Waals surface area contributed by atoms with Crippen LogP contribution in [0.2, 0.25) is 0 Å². The third-order valence-electron chi connectivity index (χ3n) is 6.32. The standard InChI is InChI=1S/C22H27N3O4/c1-13-20(14(2)29-23-13)22(27)24-11-5-6-19-21(24)18(12-25(19)15(3)26)16-7-9-17(28-4)10-8-16/h7-10,18-19,21H,5-6,11-12H2,1-4H3/t18-,19-,21-/m1/s1. The van der Waals surface area contributed by atoms with Gasteiger partial charge < -0.3 is 19.1 Å². The molecular formula is C22H27N3O4. The summed E-state index contributed by atoms with van der Waals surface area (Å²) in [4.78, 5) is 29.8. The maximum absolute atomic E-state index is 13.5. The van der Waals surface area contributed by atoms with Gasteiger partial charge in [0.1, 0.15) is 17.1 Å². The molecule has 0 radical (unpaired) electrons. The van der Waals surface area contributed by atoms with Gasteiger partial charge in [-0.15, -0.1) is 0 Å². The first kappa shape index (κ1) is 19.5. The van der Waals surface area contributed by atoms with Crippen molar-refractivity contribution in [3.05, 3.63) is 46.8 Å². The third kappa shape index (κ3) is 3.28. The molecule has 2 aliphatic heterocycles. The van der Waals surface area contributed by atoms with E-state index in [0.717, 1.165) is 24.2 Å². The number of nitrogens with zero attached hydrogens (tertiary/aromatic N) is 3. The summed E-state index contributed by atoms with van der Waals surface area (Å²) in [6, 6.07) is 7.91. The van der Waals surface area contributed by atoms with Crippen LogP contribution in [0.15, 0.2) is 28.8 Å². The van der Waals surface area contributed by atoms with Gasteiger partial charge >= 0.3 is 0 Å². The van der Waals surface area contributed by atoms with Gasteiger partial charge in [0.25, 0.3) is 5.91 Å². The van der Waals surface area contributed by atoms with Gasteiger partial charge in [0.2, 0.25) is 5.91 Å². The number of carbonyl (C=O) groups is 2. The van der Waals surface area contributed by atoms with Crippen LogP contribution in [0, 0.1) is 13.8 Å². The van der Waals surface area contributed by atoms with Crippen molar-refractivity contribution in [1.82, 2.24) is 15.0 Å². The summed E-state index contributed by atoms with van der Waals surface area (Å²) in [5.41, 5.74) is 2.26. The largest absolute Gasteiger partial charge is 0.497 e. The molecule has 0 saturated carbocycles. The van der Waals surface area contributed by atoms with Crippen LogP contribution in [0.5, 0.6) is 5.75 Å². The average Bonchev–Trinajstić information content (AvgIpc) is 3.27. The van der Waals surface area contributed by atoms with Crippen LogP contribution in [0.4, 0.5) is 0 Å². The highest BCUT2D eigenvalue weighted by atomic mass is 16.5. The first-order valence-electron chi connectivity index (χ1n) is 10.1. The van der Waals surface area contributed by atoms with E-state index in [1.807, 2.05) is 34.1 Å². The molecule has 0 bridgehead atoms. The Morgan fingerprint density at radius 2 is 1.90 bits per heavy atom. The van der Waals surface area contributed by atoms with Crippen LogP contribution in [-0.2, 0) is 4.79 Å². The molecular weight excluding hydrogens is 370 g/mol. The van der Waals surface area contributed by atoms with Gasteiger partial charge in [0.05, 0.1) is 24.9 Å². The molecule has 4 rings (SSSR count). The number of fused-ring (bicyclic) bond motifs is 1. The van der Waals surface area contributed by atoms with Crippen LogP contribution in [0.3, 0.4) is 0 Å². The molecule has 2 amide bonds. The molecule has 0 unspecified atom stereocenters. The van der Waals surface area contributed by atoms with Crippen molar-refractivity contribution in [3.8, 4) is 5.75 Å². The van der Waals surface area contributed by atoms with Crippen molar-refractivity contribution in [2.75, 3.05) is 20.2 Å². The summed E-state index contributed by atoms with van der Waals surface area (Å²) in [6.07, 6.45) is 1.78. The lowest BCUT2D eigenvalue weighted by atomic mass is 9.85. The molecule has 154 valence electrons. The van der Waals surface area contributed by atoms with Crippen molar-refractivity contribution in [2.24, 2.45) is 0 Å². The summed E-state index contributed by atoms with van der Waals surface area (Å²) < 4.78 is 10.5. The normalized spacial score (nSPS) is 23.8. The van der Waals surface area contributed by atoms with Crippen LogP contribution < -0.4 is 4.74 Å². The number of likely N-dealkylation sites (tertiary alicyclic amines) is 2. The molecule has 0 spiro atoms.